The van der Waals surface area contributed by atoms with Crippen molar-refractivity contribution in [2.45, 2.75) is 58.1 Å². The van der Waals surface area contributed by atoms with E-state index in [1.807, 2.05) is 32.9 Å². The van der Waals surface area contributed by atoms with Crippen LogP contribution >= 0.6 is 23.2 Å². The molecule has 10 heteroatoms. The first kappa shape index (κ1) is 30.5. The molecule has 0 spiro atoms. The topological polar surface area (TPSA) is 86.8 Å². The summed E-state index contributed by atoms with van der Waals surface area (Å²) in [5.74, 6) is -0.907. The van der Waals surface area contributed by atoms with Crippen LogP contribution in [0.1, 0.15) is 37.5 Å². The van der Waals surface area contributed by atoms with E-state index in [1.165, 1.54) is 17.0 Å². The SMILES string of the molecule is Cc1ccc(C)c(N(CC(=O)N(Cc2ccc(Cl)c(Cl)c2)[C@@H](C)C(=O)NC(C)C)S(=O)(=O)c2ccccc2)c1. The highest BCUT2D eigenvalue weighted by atomic mass is 35.5. The molecule has 0 saturated carbocycles. The molecule has 0 heterocycles. The smallest absolute Gasteiger partial charge is 0.264 e. The van der Waals surface area contributed by atoms with Crippen molar-refractivity contribution in [1.29, 1.82) is 0 Å². The van der Waals surface area contributed by atoms with E-state index in [9.17, 15) is 18.0 Å². The molecule has 0 saturated heterocycles. The standard InChI is InChI=1S/C29H33Cl2N3O4S/c1-19(2)32-29(36)22(5)33(17-23-13-14-25(30)26(31)16-23)28(35)18-34(27-15-20(3)11-12-21(27)4)39(37,38)24-9-7-6-8-10-24/h6-16,19,22H,17-18H2,1-5H3,(H,32,36)/t22-/m0/s1. The summed E-state index contributed by atoms with van der Waals surface area (Å²) in [6.07, 6.45) is 0. The molecule has 3 aromatic rings. The molecule has 0 fully saturated rings. The fraction of sp³-hybridized carbons (Fsp3) is 0.310. The van der Waals surface area contributed by atoms with Crippen LogP contribution in [-0.4, -0.2) is 43.8 Å². The molecule has 39 heavy (non-hydrogen) atoms. The second-order valence-electron chi connectivity index (χ2n) is 9.72. The zero-order valence-electron chi connectivity index (χ0n) is 22.6. The summed E-state index contributed by atoms with van der Waals surface area (Å²) in [6, 6.07) is 17.3. The molecule has 0 radical (unpaired) electrons. The molecule has 0 aromatic heterocycles. The summed E-state index contributed by atoms with van der Waals surface area (Å²) in [5, 5.41) is 3.50. The van der Waals surface area contributed by atoms with Crippen molar-refractivity contribution in [3.8, 4) is 0 Å². The quantitative estimate of drug-likeness (QED) is 0.326. The van der Waals surface area contributed by atoms with Crippen LogP contribution in [0.2, 0.25) is 10.0 Å². The lowest BCUT2D eigenvalue weighted by Gasteiger charge is -2.33. The molecule has 0 aliphatic carbocycles. The zero-order chi connectivity index (χ0) is 28.9. The van der Waals surface area contributed by atoms with E-state index in [1.54, 1.807) is 56.3 Å². The fourth-order valence-electron chi connectivity index (χ4n) is 4.04. The summed E-state index contributed by atoms with van der Waals surface area (Å²) < 4.78 is 28.9. The van der Waals surface area contributed by atoms with E-state index >= 15 is 0 Å². The Hall–Kier alpha value is -3.07. The summed E-state index contributed by atoms with van der Waals surface area (Å²) in [7, 11) is -4.13. The third-order valence-electron chi connectivity index (χ3n) is 6.18. The van der Waals surface area contributed by atoms with E-state index < -0.39 is 28.5 Å². The van der Waals surface area contributed by atoms with Gasteiger partial charge in [0.2, 0.25) is 11.8 Å². The van der Waals surface area contributed by atoms with Gasteiger partial charge in [-0.15, -0.1) is 0 Å². The van der Waals surface area contributed by atoms with Crippen molar-refractivity contribution in [1.82, 2.24) is 10.2 Å². The number of amides is 2. The predicted octanol–water partition coefficient (Wildman–Crippen LogP) is 5.75. The van der Waals surface area contributed by atoms with Gasteiger partial charge < -0.3 is 10.2 Å². The minimum atomic E-state index is -4.13. The summed E-state index contributed by atoms with van der Waals surface area (Å²) in [4.78, 5) is 28.4. The number of aryl methyl sites for hydroxylation is 2. The maximum absolute atomic E-state index is 14.0. The van der Waals surface area contributed by atoms with Crippen molar-refractivity contribution in [2.75, 3.05) is 10.8 Å². The van der Waals surface area contributed by atoms with E-state index in [4.69, 9.17) is 23.2 Å². The van der Waals surface area contributed by atoms with Gasteiger partial charge >= 0.3 is 0 Å². The Labute approximate surface area is 240 Å². The Bertz CT molecular complexity index is 1450. The van der Waals surface area contributed by atoms with Crippen molar-refractivity contribution < 1.29 is 18.0 Å². The average molecular weight is 591 g/mol. The highest BCUT2D eigenvalue weighted by Gasteiger charge is 2.33. The van der Waals surface area contributed by atoms with Gasteiger partial charge in [-0.1, -0.05) is 59.6 Å². The Morgan fingerprint density at radius 3 is 2.18 bits per heavy atom. The number of nitrogens with one attached hydrogen (secondary N) is 1. The molecule has 1 N–H and O–H groups in total. The van der Waals surface area contributed by atoms with Gasteiger partial charge in [0.1, 0.15) is 12.6 Å². The molecule has 7 nitrogen and oxygen atoms in total. The van der Waals surface area contributed by atoms with Gasteiger partial charge in [-0.25, -0.2) is 8.42 Å². The Kier molecular flexibility index (Phi) is 10.0. The molecule has 3 aromatic carbocycles. The Balaban J connectivity index is 2.07. The Morgan fingerprint density at radius 2 is 1.56 bits per heavy atom. The van der Waals surface area contributed by atoms with Crippen molar-refractivity contribution in [3.05, 3.63) is 93.5 Å². The third kappa shape index (κ3) is 7.53. The van der Waals surface area contributed by atoms with Crippen LogP contribution in [0.15, 0.2) is 71.6 Å². The van der Waals surface area contributed by atoms with Gasteiger partial charge in [0.05, 0.1) is 20.6 Å². The summed E-state index contributed by atoms with van der Waals surface area (Å²) in [5.41, 5.74) is 2.57. The van der Waals surface area contributed by atoms with Gasteiger partial charge in [-0.2, -0.15) is 0 Å². The van der Waals surface area contributed by atoms with Crippen LogP contribution in [0.5, 0.6) is 0 Å². The number of carbonyl (C=O) groups excluding carboxylic acids is 2. The lowest BCUT2D eigenvalue weighted by atomic mass is 10.1. The fourth-order valence-corrected chi connectivity index (χ4v) is 5.86. The molecular weight excluding hydrogens is 557 g/mol. The van der Waals surface area contributed by atoms with Crippen LogP contribution in [0.25, 0.3) is 0 Å². The maximum atomic E-state index is 14.0. The third-order valence-corrected chi connectivity index (χ3v) is 8.69. The minimum Gasteiger partial charge on any atom is -0.352 e. The lowest BCUT2D eigenvalue weighted by molar-refractivity contribution is -0.139. The maximum Gasteiger partial charge on any atom is 0.264 e. The predicted molar refractivity (Wildman–Crippen MR) is 157 cm³/mol. The average Bonchev–Trinajstić information content (AvgIpc) is 2.89. The molecule has 3 rings (SSSR count). The van der Waals surface area contributed by atoms with Crippen LogP contribution in [0.3, 0.4) is 0 Å². The molecule has 0 unspecified atom stereocenters. The number of nitrogens with zero attached hydrogens (tertiary/aromatic N) is 2. The Morgan fingerprint density at radius 1 is 0.897 bits per heavy atom. The number of carbonyl (C=O) groups is 2. The van der Waals surface area contributed by atoms with Crippen molar-refractivity contribution >= 4 is 50.7 Å². The number of hydrogen-bond acceptors (Lipinski definition) is 4. The normalized spacial score (nSPS) is 12.2. The first-order chi connectivity index (χ1) is 18.3. The molecule has 0 aliphatic heterocycles. The highest BCUT2D eigenvalue weighted by molar-refractivity contribution is 7.92. The number of benzene rings is 3. The van der Waals surface area contributed by atoms with Gasteiger partial charge in [0, 0.05) is 12.6 Å². The first-order valence-electron chi connectivity index (χ1n) is 12.5. The van der Waals surface area contributed by atoms with E-state index in [0.29, 0.717) is 26.9 Å². The molecule has 0 bridgehead atoms. The molecule has 208 valence electrons. The monoisotopic (exact) mass is 589 g/mol. The van der Waals surface area contributed by atoms with Gasteiger partial charge in [-0.05, 0) is 81.6 Å². The van der Waals surface area contributed by atoms with E-state index in [-0.39, 0.29) is 23.4 Å². The van der Waals surface area contributed by atoms with Gasteiger partial charge in [-0.3, -0.25) is 13.9 Å². The van der Waals surface area contributed by atoms with Gasteiger partial charge in [0.25, 0.3) is 10.0 Å². The van der Waals surface area contributed by atoms with Crippen molar-refractivity contribution in [3.63, 3.8) is 0 Å². The first-order valence-corrected chi connectivity index (χ1v) is 14.7. The van der Waals surface area contributed by atoms with Gasteiger partial charge in [0.15, 0.2) is 0 Å². The lowest BCUT2D eigenvalue weighted by Crippen LogP contribution is -2.52. The zero-order valence-corrected chi connectivity index (χ0v) is 24.9. The molecule has 1 atom stereocenters. The summed E-state index contributed by atoms with van der Waals surface area (Å²) >= 11 is 12.3. The van der Waals surface area contributed by atoms with Crippen LogP contribution < -0.4 is 9.62 Å². The number of halogens is 2. The molecule has 0 aliphatic rings. The van der Waals surface area contributed by atoms with Crippen LogP contribution in [-0.2, 0) is 26.2 Å². The highest BCUT2D eigenvalue weighted by Crippen LogP contribution is 2.29. The van der Waals surface area contributed by atoms with E-state index in [2.05, 4.69) is 5.32 Å². The number of sulfonamides is 1. The number of rotatable bonds is 10. The van der Waals surface area contributed by atoms with E-state index in [0.717, 1.165) is 9.87 Å². The van der Waals surface area contributed by atoms with Crippen LogP contribution in [0.4, 0.5) is 5.69 Å². The summed E-state index contributed by atoms with van der Waals surface area (Å²) in [6.45, 7) is 8.42. The second-order valence-corrected chi connectivity index (χ2v) is 12.4. The second kappa shape index (κ2) is 12.9. The largest absolute Gasteiger partial charge is 0.352 e. The number of anilines is 1. The van der Waals surface area contributed by atoms with Crippen molar-refractivity contribution in [2.24, 2.45) is 0 Å². The van der Waals surface area contributed by atoms with Crippen LogP contribution in [0, 0.1) is 13.8 Å². The number of hydrogen-bond donors (Lipinski definition) is 1. The molecule has 2 amide bonds. The molecular formula is C29H33Cl2N3O4S. The minimum absolute atomic E-state index is 0.0223.